The van der Waals surface area contributed by atoms with Gasteiger partial charge in [-0.1, -0.05) is 29.3 Å². The molecular formula is C16H16Cl2N4O3. The van der Waals surface area contributed by atoms with Crippen molar-refractivity contribution in [1.82, 2.24) is 15.3 Å². The van der Waals surface area contributed by atoms with Gasteiger partial charge in [-0.15, -0.1) is 0 Å². The Kier molecular flexibility index (Phi) is 6.55. The van der Waals surface area contributed by atoms with Crippen molar-refractivity contribution in [2.24, 2.45) is 0 Å². The molecule has 2 N–H and O–H groups in total. The van der Waals surface area contributed by atoms with Crippen molar-refractivity contribution in [3.05, 3.63) is 46.3 Å². The molecule has 2 heterocycles. The van der Waals surface area contributed by atoms with Gasteiger partial charge in [0.25, 0.3) is 5.91 Å². The monoisotopic (exact) mass is 382 g/mol. The highest BCUT2D eigenvalue weighted by Gasteiger charge is 2.16. The third-order valence-corrected chi connectivity index (χ3v) is 3.67. The molecule has 7 nitrogen and oxygen atoms in total. The Morgan fingerprint density at radius 3 is 2.64 bits per heavy atom. The average Bonchev–Trinajstić information content (AvgIpc) is 2.59. The molecule has 0 fully saturated rings. The van der Waals surface area contributed by atoms with E-state index in [0.717, 1.165) is 0 Å². The van der Waals surface area contributed by atoms with Crippen LogP contribution in [0.15, 0.2) is 30.6 Å². The van der Waals surface area contributed by atoms with E-state index in [1.165, 1.54) is 25.5 Å². The predicted octanol–water partition coefficient (Wildman–Crippen LogP) is 2.48. The maximum Gasteiger partial charge on any atom is 0.260 e. The first-order valence-electron chi connectivity index (χ1n) is 7.33. The molecule has 0 aliphatic carbocycles. The molecule has 2 rings (SSSR count). The minimum absolute atomic E-state index is 0.110. The van der Waals surface area contributed by atoms with Gasteiger partial charge in [-0.2, -0.15) is 0 Å². The number of ether oxygens (including phenoxy) is 1. The highest BCUT2D eigenvalue weighted by molar-refractivity contribution is 6.32. The van der Waals surface area contributed by atoms with Gasteiger partial charge in [0.05, 0.1) is 12.6 Å². The van der Waals surface area contributed by atoms with Gasteiger partial charge in [0.2, 0.25) is 5.91 Å². The van der Waals surface area contributed by atoms with Crippen LogP contribution in [0.2, 0.25) is 10.2 Å². The third-order valence-electron chi connectivity index (χ3n) is 3.16. The Bertz CT molecular complexity index is 768. The van der Waals surface area contributed by atoms with Crippen molar-refractivity contribution >= 4 is 40.8 Å². The zero-order valence-electron chi connectivity index (χ0n) is 13.5. The third kappa shape index (κ3) is 5.58. The highest BCUT2D eigenvalue weighted by atomic mass is 35.5. The van der Waals surface area contributed by atoms with Crippen molar-refractivity contribution in [3.8, 4) is 5.75 Å². The summed E-state index contributed by atoms with van der Waals surface area (Å²) in [6.45, 7) is 1.58. The molecule has 0 aliphatic heterocycles. The average molecular weight is 383 g/mol. The van der Waals surface area contributed by atoms with E-state index in [0.29, 0.717) is 10.7 Å². The van der Waals surface area contributed by atoms with E-state index in [1.807, 2.05) is 0 Å². The van der Waals surface area contributed by atoms with E-state index in [-0.39, 0.29) is 34.8 Å². The molecule has 0 bridgehead atoms. The molecule has 1 unspecified atom stereocenters. The van der Waals surface area contributed by atoms with Crippen molar-refractivity contribution in [3.63, 3.8) is 0 Å². The molecule has 25 heavy (non-hydrogen) atoms. The number of amides is 2. The van der Waals surface area contributed by atoms with Crippen LogP contribution in [0, 0.1) is 0 Å². The molecule has 132 valence electrons. The summed E-state index contributed by atoms with van der Waals surface area (Å²) in [7, 11) is 1.51. The summed E-state index contributed by atoms with van der Waals surface area (Å²) in [4.78, 5) is 31.6. The van der Waals surface area contributed by atoms with E-state index in [2.05, 4.69) is 20.6 Å². The molecule has 0 saturated carbocycles. The Labute approximate surface area is 154 Å². The molecule has 2 aromatic rings. The molecule has 0 aromatic carbocycles. The van der Waals surface area contributed by atoms with Crippen LogP contribution in [0.1, 0.15) is 12.5 Å². The maximum atomic E-state index is 12.1. The Hall–Kier alpha value is -2.38. The Morgan fingerprint density at radius 1 is 1.24 bits per heavy atom. The number of carbonyl (C=O) groups excluding carboxylic acids is 2. The van der Waals surface area contributed by atoms with Gasteiger partial charge in [-0.05, 0) is 18.6 Å². The predicted molar refractivity (Wildman–Crippen MR) is 95.0 cm³/mol. The molecule has 2 aromatic heterocycles. The van der Waals surface area contributed by atoms with Crippen LogP contribution in [0.3, 0.4) is 0 Å². The number of nitrogens with zero attached hydrogens (tertiary/aromatic N) is 2. The maximum absolute atomic E-state index is 12.1. The quantitative estimate of drug-likeness (QED) is 0.748. The fourth-order valence-corrected chi connectivity index (χ4v) is 2.17. The number of likely N-dealkylation sites (N-methyl/N-ethyl adjacent to an activating group) is 1. The minimum Gasteiger partial charge on any atom is -0.479 e. The summed E-state index contributed by atoms with van der Waals surface area (Å²) >= 11 is 11.7. The lowest BCUT2D eigenvalue weighted by Crippen LogP contribution is -2.33. The first kappa shape index (κ1) is 19.0. The number of nitrogens with one attached hydrogen (secondary N) is 2. The molecule has 1 atom stereocenters. The summed E-state index contributed by atoms with van der Waals surface area (Å²) < 4.78 is 5.49. The van der Waals surface area contributed by atoms with Crippen molar-refractivity contribution < 1.29 is 14.3 Å². The zero-order chi connectivity index (χ0) is 18.4. The second-order valence-corrected chi connectivity index (χ2v) is 5.88. The van der Waals surface area contributed by atoms with E-state index < -0.39 is 6.10 Å². The van der Waals surface area contributed by atoms with Crippen molar-refractivity contribution in [1.29, 1.82) is 0 Å². The lowest BCUT2D eigenvalue weighted by atomic mass is 10.2. The number of hydrogen-bond acceptors (Lipinski definition) is 5. The number of anilines is 1. The van der Waals surface area contributed by atoms with Crippen LogP contribution in [-0.4, -0.2) is 34.9 Å². The summed E-state index contributed by atoms with van der Waals surface area (Å²) in [5.74, 6) is -0.0791. The zero-order valence-corrected chi connectivity index (χ0v) is 15.1. The molecule has 0 saturated heterocycles. The minimum atomic E-state index is -0.742. The molecule has 2 amide bonds. The number of halogens is 2. The number of rotatable bonds is 6. The summed E-state index contributed by atoms with van der Waals surface area (Å²) in [6, 6.07) is 4.78. The fraction of sp³-hybridized carbons (Fsp3) is 0.250. The largest absolute Gasteiger partial charge is 0.479 e. The second kappa shape index (κ2) is 8.64. The van der Waals surface area contributed by atoms with Crippen molar-refractivity contribution in [2.75, 3.05) is 12.4 Å². The molecular weight excluding hydrogens is 367 g/mol. The summed E-state index contributed by atoms with van der Waals surface area (Å²) in [5, 5.41) is 5.70. The van der Waals surface area contributed by atoms with Crippen LogP contribution in [0.4, 0.5) is 5.82 Å². The number of aromatic nitrogens is 2. The summed E-state index contributed by atoms with van der Waals surface area (Å²) in [6.07, 6.45) is 2.23. The Balaban J connectivity index is 2.04. The first-order valence-corrected chi connectivity index (χ1v) is 8.08. The smallest absolute Gasteiger partial charge is 0.260 e. The molecule has 0 spiro atoms. The normalized spacial score (nSPS) is 11.5. The standard InChI is InChI=1S/C16H16Cl2N4O3/c1-9(16(24)19-2)25-12-6-14(21-8-11(12)17)22-15(23)5-10-3-4-13(18)20-7-10/h3-4,6-9H,5H2,1-2H3,(H,19,24)(H,21,22,23). The fourth-order valence-electron chi connectivity index (χ4n) is 1.91. The molecule has 0 radical (unpaired) electrons. The van der Waals surface area contributed by atoms with Gasteiger partial charge < -0.3 is 15.4 Å². The van der Waals surface area contributed by atoms with Crippen molar-refractivity contribution in [2.45, 2.75) is 19.4 Å². The number of hydrogen-bond donors (Lipinski definition) is 2. The van der Waals surface area contributed by atoms with Crippen LogP contribution in [-0.2, 0) is 16.0 Å². The first-order chi connectivity index (χ1) is 11.9. The van der Waals surface area contributed by atoms with Gasteiger partial charge in [0.15, 0.2) is 6.10 Å². The molecule has 9 heteroatoms. The van der Waals surface area contributed by atoms with Gasteiger partial charge in [-0.25, -0.2) is 9.97 Å². The van der Waals surface area contributed by atoms with E-state index in [4.69, 9.17) is 27.9 Å². The summed E-state index contributed by atoms with van der Waals surface area (Å²) in [5.41, 5.74) is 0.709. The number of carbonyl (C=O) groups is 2. The highest BCUT2D eigenvalue weighted by Crippen LogP contribution is 2.27. The van der Waals surface area contributed by atoms with Crippen LogP contribution in [0.25, 0.3) is 0 Å². The van der Waals surface area contributed by atoms with Crippen LogP contribution in [0.5, 0.6) is 5.75 Å². The van der Waals surface area contributed by atoms with Gasteiger partial charge in [-0.3, -0.25) is 9.59 Å². The second-order valence-electron chi connectivity index (χ2n) is 5.09. The van der Waals surface area contributed by atoms with Gasteiger partial charge in [0, 0.05) is 19.3 Å². The van der Waals surface area contributed by atoms with Gasteiger partial charge in [0.1, 0.15) is 21.7 Å². The molecule has 0 aliphatic rings. The lowest BCUT2D eigenvalue weighted by molar-refractivity contribution is -0.126. The topological polar surface area (TPSA) is 93.2 Å². The van der Waals surface area contributed by atoms with Gasteiger partial charge >= 0.3 is 0 Å². The lowest BCUT2D eigenvalue weighted by Gasteiger charge is -2.15. The van der Waals surface area contributed by atoms with E-state index >= 15 is 0 Å². The Morgan fingerprint density at radius 2 is 2.00 bits per heavy atom. The number of pyridine rings is 2. The SMILES string of the molecule is CNC(=O)C(C)Oc1cc(NC(=O)Cc2ccc(Cl)nc2)ncc1Cl. The van der Waals surface area contributed by atoms with Crippen LogP contribution >= 0.6 is 23.2 Å². The van der Waals surface area contributed by atoms with E-state index in [1.54, 1.807) is 19.1 Å². The van der Waals surface area contributed by atoms with Crippen LogP contribution < -0.4 is 15.4 Å². The van der Waals surface area contributed by atoms with E-state index in [9.17, 15) is 9.59 Å².